The van der Waals surface area contributed by atoms with Crippen LogP contribution in [-0.2, 0) is 14.3 Å². The molecule has 2 aromatic carbocycles. The molecule has 7 nitrogen and oxygen atoms in total. The highest BCUT2D eigenvalue weighted by Gasteiger charge is 2.45. The summed E-state index contributed by atoms with van der Waals surface area (Å²) in [7, 11) is 0. The minimum atomic E-state index is -0.677. The first-order chi connectivity index (χ1) is 17.5. The minimum Gasteiger partial charge on any atom is -0.507 e. The number of likely N-dealkylation sites (tertiary alicyclic amines) is 1. The van der Waals surface area contributed by atoms with Gasteiger partial charge in [-0.25, -0.2) is 0 Å². The summed E-state index contributed by atoms with van der Waals surface area (Å²) in [5, 5.41) is 11.2. The van der Waals surface area contributed by atoms with E-state index in [0.29, 0.717) is 43.6 Å². The molecule has 1 unspecified atom stereocenters. The average Bonchev–Trinajstić information content (AvgIpc) is 3.14. The quantitative estimate of drug-likeness (QED) is 0.303. The Kier molecular flexibility index (Phi) is 8.78. The number of hydrogen-bond donors (Lipinski definition) is 1. The van der Waals surface area contributed by atoms with Crippen molar-refractivity contribution in [1.29, 1.82) is 0 Å². The maximum atomic E-state index is 13.2. The van der Waals surface area contributed by atoms with Crippen molar-refractivity contribution in [2.45, 2.75) is 32.7 Å². The summed E-state index contributed by atoms with van der Waals surface area (Å²) < 4.78 is 11.4. The normalized spacial score (nSPS) is 20.3. The summed E-state index contributed by atoms with van der Waals surface area (Å²) in [6, 6.07) is 15.8. The zero-order chi connectivity index (χ0) is 25.5. The van der Waals surface area contributed by atoms with Gasteiger partial charge in [0, 0.05) is 31.7 Å². The second-order valence-electron chi connectivity index (χ2n) is 9.77. The fourth-order valence-electron chi connectivity index (χ4n) is 4.69. The third kappa shape index (κ3) is 6.15. The highest BCUT2D eigenvalue weighted by atomic mass is 16.5. The Morgan fingerprint density at radius 3 is 2.53 bits per heavy atom. The summed E-state index contributed by atoms with van der Waals surface area (Å²) in [6.45, 7) is 9.27. The van der Waals surface area contributed by atoms with Gasteiger partial charge in [-0.3, -0.25) is 14.5 Å². The number of ether oxygens (including phenoxy) is 2. The molecule has 0 saturated carbocycles. The van der Waals surface area contributed by atoms with Gasteiger partial charge in [0.2, 0.25) is 0 Å². The summed E-state index contributed by atoms with van der Waals surface area (Å²) in [4.78, 5) is 30.4. The van der Waals surface area contributed by atoms with E-state index in [2.05, 4.69) is 18.7 Å². The van der Waals surface area contributed by atoms with Gasteiger partial charge < -0.3 is 19.5 Å². The lowest BCUT2D eigenvalue weighted by molar-refractivity contribution is -0.140. The number of morpholine rings is 1. The molecule has 0 radical (unpaired) electrons. The number of carbonyl (C=O) groups is 2. The number of amides is 1. The molecule has 1 amide bonds. The first kappa shape index (κ1) is 25.9. The molecule has 1 atom stereocenters. The van der Waals surface area contributed by atoms with Crippen LogP contribution in [0.4, 0.5) is 0 Å². The first-order valence-electron chi connectivity index (χ1n) is 12.8. The fraction of sp³-hybridized carbons (Fsp3) is 0.448. The van der Waals surface area contributed by atoms with E-state index in [4.69, 9.17) is 9.47 Å². The van der Waals surface area contributed by atoms with Gasteiger partial charge in [-0.15, -0.1) is 0 Å². The number of aliphatic hydroxyl groups excluding tert-OH is 1. The van der Waals surface area contributed by atoms with Crippen LogP contribution in [0.1, 0.15) is 43.9 Å². The topological polar surface area (TPSA) is 79.3 Å². The molecule has 4 rings (SSSR count). The van der Waals surface area contributed by atoms with Gasteiger partial charge in [-0.05, 0) is 36.5 Å². The van der Waals surface area contributed by atoms with Crippen LogP contribution in [0.25, 0.3) is 5.76 Å². The van der Waals surface area contributed by atoms with Crippen LogP contribution in [0.2, 0.25) is 0 Å². The highest BCUT2D eigenvalue weighted by Crippen LogP contribution is 2.40. The van der Waals surface area contributed by atoms with E-state index >= 15 is 0 Å². The molecule has 2 fully saturated rings. The van der Waals surface area contributed by atoms with Gasteiger partial charge in [-0.2, -0.15) is 0 Å². The smallest absolute Gasteiger partial charge is 0.295 e. The zero-order valence-corrected chi connectivity index (χ0v) is 21.2. The Bertz CT molecular complexity index is 1080. The number of nitrogens with zero attached hydrogens (tertiary/aromatic N) is 2. The van der Waals surface area contributed by atoms with E-state index < -0.39 is 17.7 Å². The minimum absolute atomic E-state index is 0.122. The van der Waals surface area contributed by atoms with E-state index in [0.717, 1.165) is 38.0 Å². The predicted octanol–water partition coefficient (Wildman–Crippen LogP) is 4.26. The first-order valence-corrected chi connectivity index (χ1v) is 12.8. The van der Waals surface area contributed by atoms with Crippen LogP contribution < -0.4 is 4.74 Å². The summed E-state index contributed by atoms with van der Waals surface area (Å²) in [6.07, 6.45) is 1.65. The van der Waals surface area contributed by atoms with Gasteiger partial charge in [0.1, 0.15) is 11.5 Å². The molecule has 192 valence electrons. The van der Waals surface area contributed by atoms with E-state index in [1.807, 2.05) is 30.3 Å². The fourth-order valence-corrected chi connectivity index (χ4v) is 4.69. The average molecular weight is 493 g/mol. The van der Waals surface area contributed by atoms with Crippen molar-refractivity contribution in [3.8, 4) is 5.75 Å². The molecule has 1 N–H and O–H groups in total. The lowest BCUT2D eigenvalue weighted by Gasteiger charge is -2.29. The monoisotopic (exact) mass is 492 g/mol. The van der Waals surface area contributed by atoms with Gasteiger partial charge in [0.15, 0.2) is 0 Å². The second-order valence-corrected chi connectivity index (χ2v) is 9.77. The molecule has 0 spiro atoms. The highest BCUT2D eigenvalue weighted by molar-refractivity contribution is 6.46. The van der Waals surface area contributed by atoms with Crippen molar-refractivity contribution < 1.29 is 24.2 Å². The Morgan fingerprint density at radius 2 is 1.81 bits per heavy atom. The van der Waals surface area contributed by atoms with Crippen molar-refractivity contribution in [2.75, 3.05) is 46.0 Å². The van der Waals surface area contributed by atoms with Crippen LogP contribution >= 0.6 is 0 Å². The molecule has 7 heteroatoms. The Morgan fingerprint density at radius 1 is 1.06 bits per heavy atom. The Labute approximate surface area is 213 Å². The molecular formula is C29H36N2O5. The second kappa shape index (κ2) is 12.2. The van der Waals surface area contributed by atoms with Gasteiger partial charge in [0.25, 0.3) is 11.7 Å². The maximum Gasteiger partial charge on any atom is 0.295 e. The van der Waals surface area contributed by atoms with Crippen molar-refractivity contribution in [3.05, 3.63) is 71.3 Å². The molecule has 2 aliphatic rings. The number of ketones is 1. The molecule has 2 aliphatic heterocycles. The van der Waals surface area contributed by atoms with Crippen LogP contribution in [0, 0.1) is 5.92 Å². The molecule has 36 heavy (non-hydrogen) atoms. The molecule has 2 aromatic rings. The van der Waals surface area contributed by atoms with Crippen LogP contribution in [-0.4, -0.2) is 72.6 Å². The van der Waals surface area contributed by atoms with Crippen molar-refractivity contribution >= 4 is 17.4 Å². The zero-order valence-electron chi connectivity index (χ0n) is 21.2. The summed E-state index contributed by atoms with van der Waals surface area (Å²) >= 11 is 0. The van der Waals surface area contributed by atoms with E-state index in [-0.39, 0.29) is 11.3 Å². The number of rotatable bonds is 10. The van der Waals surface area contributed by atoms with Crippen molar-refractivity contribution in [1.82, 2.24) is 9.80 Å². The largest absolute Gasteiger partial charge is 0.507 e. The number of hydrogen-bond acceptors (Lipinski definition) is 6. The number of carbonyl (C=O) groups excluding carboxylic acids is 2. The molecule has 2 heterocycles. The van der Waals surface area contributed by atoms with E-state index in [1.165, 1.54) is 0 Å². The molecule has 2 saturated heterocycles. The van der Waals surface area contributed by atoms with Crippen LogP contribution in [0.3, 0.4) is 0 Å². The predicted molar refractivity (Wildman–Crippen MR) is 139 cm³/mol. The number of Topliss-reactive ketones (excluding diaryl/α,β-unsaturated/α-hetero) is 1. The van der Waals surface area contributed by atoms with Crippen LogP contribution in [0.15, 0.2) is 60.2 Å². The lowest BCUT2D eigenvalue weighted by atomic mass is 9.95. The molecule has 0 bridgehead atoms. The lowest BCUT2D eigenvalue weighted by Crippen LogP contribution is -2.38. The number of aliphatic hydroxyl groups is 1. The molecule has 0 aliphatic carbocycles. The molecule has 0 aromatic heterocycles. The summed E-state index contributed by atoms with van der Waals surface area (Å²) in [5.41, 5.74) is 1.38. The Hall–Kier alpha value is -3.16. The van der Waals surface area contributed by atoms with Gasteiger partial charge in [-0.1, -0.05) is 56.3 Å². The van der Waals surface area contributed by atoms with Gasteiger partial charge in [0.05, 0.1) is 31.4 Å². The van der Waals surface area contributed by atoms with Crippen molar-refractivity contribution in [2.24, 2.45) is 5.92 Å². The van der Waals surface area contributed by atoms with E-state index in [1.54, 1.807) is 29.2 Å². The summed E-state index contributed by atoms with van der Waals surface area (Å²) in [5.74, 6) is -0.172. The standard InChI is InChI=1S/C29H36N2O5/c1-21(2)12-17-36-24-11-6-10-23(20-24)26-25(27(32)22-8-4-3-5-9-22)28(33)29(34)31(26)14-7-13-30-15-18-35-19-16-30/h3-6,8-11,20-21,26,32H,7,12-19H2,1-2H3/b27-25+. The third-order valence-electron chi connectivity index (χ3n) is 6.70. The number of benzene rings is 2. The SMILES string of the molecule is CC(C)CCOc1cccc(C2/C(=C(\O)c3ccccc3)C(=O)C(=O)N2CCCN2CCOCC2)c1. The third-order valence-corrected chi connectivity index (χ3v) is 6.70. The van der Waals surface area contributed by atoms with Crippen molar-refractivity contribution in [3.63, 3.8) is 0 Å². The Balaban J connectivity index is 1.63. The molecular weight excluding hydrogens is 456 g/mol. The van der Waals surface area contributed by atoms with Gasteiger partial charge >= 0.3 is 0 Å². The van der Waals surface area contributed by atoms with Crippen LogP contribution in [0.5, 0.6) is 5.75 Å². The van der Waals surface area contributed by atoms with E-state index in [9.17, 15) is 14.7 Å². The maximum absolute atomic E-state index is 13.2.